The van der Waals surface area contributed by atoms with Crippen molar-refractivity contribution in [3.63, 3.8) is 0 Å². The first-order valence-electron chi connectivity index (χ1n) is 15.5. The Labute approximate surface area is 284 Å². The van der Waals surface area contributed by atoms with Gasteiger partial charge in [0.15, 0.2) is 15.6 Å². The molecule has 2 fully saturated rings. The van der Waals surface area contributed by atoms with Crippen LogP contribution in [0.4, 0.5) is 4.39 Å². The lowest BCUT2D eigenvalue weighted by Gasteiger charge is -2.41. The van der Waals surface area contributed by atoms with E-state index in [4.69, 9.17) is 27.9 Å². The molecular formula is C34H38Cl2FN3O6S. The molecule has 1 amide bonds. The molecule has 9 nitrogen and oxygen atoms in total. The van der Waals surface area contributed by atoms with Crippen molar-refractivity contribution in [3.05, 3.63) is 98.3 Å². The number of rotatable bonds is 11. The summed E-state index contributed by atoms with van der Waals surface area (Å²) in [5, 5.41) is 25.7. The largest absolute Gasteiger partial charge is 0.396 e. The highest BCUT2D eigenvalue weighted by Crippen LogP contribution is 2.52. The number of β-amino-alcohol motifs (C(OH)–C–C–N with tert-alkyl or cyclic N) is 1. The number of amides is 1. The first kappa shape index (κ1) is 34.3. The van der Waals surface area contributed by atoms with Crippen molar-refractivity contribution in [3.8, 4) is 0 Å². The average molecular weight is 707 g/mol. The van der Waals surface area contributed by atoms with Crippen molar-refractivity contribution in [1.29, 1.82) is 0 Å². The highest BCUT2D eigenvalue weighted by atomic mass is 35.5. The molecular weight excluding hydrogens is 668 g/mol. The van der Waals surface area contributed by atoms with Crippen molar-refractivity contribution in [2.75, 3.05) is 52.2 Å². The highest BCUT2D eigenvalue weighted by Gasteiger charge is 2.57. The molecule has 3 aromatic carbocycles. The summed E-state index contributed by atoms with van der Waals surface area (Å²) in [6.07, 6.45) is 2.43. The normalized spacial score (nSPS) is 22.3. The fraction of sp³-hybridized carbons (Fsp3) is 0.441. The van der Waals surface area contributed by atoms with Crippen LogP contribution in [0, 0.1) is 11.2 Å². The number of nitrogens with zero attached hydrogens (tertiary/aromatic N) is 2. The van der Waals surface area contributed by atoms with Gasteiger partial charge in [0.25, 0.3) is 5.91 Å². The van der Waals surface area contributed by atoms with Crippen LogP contribution in [-0.2, 0) is 32.4 Å². The lowest BCUT2D eigenvalue weighted by Crippen LogP contribution is -2.48. The zero-order valence-corrected chi connectivity index (χ0v) is 28.6. The first-order chi connectivity index (χ1) is 22.2. The third-order valence-electron chi connectivity index (χ3n) is 9.52. The van der Waals surface area contributed by atoms with E-state index in [2.05, 4.69) is 10.2 Å². The molecule has 2 heterocycles. The van der Waals surface area contributed by atoms with E-state index in [-0.39, 0.29) is 58.5 Å². The molecule has 0 spiro atoms. The molecule has 0 aromatic heterocycles. The van der Waals surface area contributed by atoms with Crippen LogP contribution in [0.2, 0.25) is 10.0 Å². The minimum absolute atomic E-state index is 0.00317. The van der Waals surface area contributed by atoms with Crippen molar-refractivity contribution in [1.82, 2.24) is 15.1 Å². The molecule has 47 heavy (non-hydrogen) atoms. The molecule has 0 radical (unpaired) electrons. The molecule has 2 atom stereocenters. The molecule has 1 saturated heterocycles. The molecule has 1 saturated carbocycles. The third kappa shape index (κ3) is 6.57. The number of carbonyl (C=O) groups excluding carboxylic acids is 1. The zero-order valence-electron chi connectivity index (χ0n) is 26.2. The van der Waals surface area contributed by atoms with E-state index in [0.29, 0.717) is 36.5 Å². The van der Waals surface area contributed by atoms with Gasteiger partial charge < -0.3 is 20.3 Å². The van der Waals surface area contributed by atoms with Crippen molar-refractivity contribution in [2.24, 2.45) is 5.41 Å². The molecule has 2 aliphatic heterocycles. The average Bonchev–Trinajstić information content (AvgIpc) is 3.77. The highest BCUT2D eigenvalue weighted by molar-refractivity contribution is 7.90. The number of benzene rings is 3. The van der Waals surface area contributed by atoms with Crippen LogP contribution >= 0.6 is 23.2 Å². The predicted molar refractivity (Wildman–Crippen MR) is 177 cm³/mol. The summed E-state index contributed by atoms with van der Waals surface area (Å²) < 4.78 is 49.4. The second kappa shape index (κ2) is 12.7. The Hall–Kier alpha value is -2.61. The summed E-state index contributed by atoms with van der Waals surface area (Å²) in [6.45, 7) is 4.32. The lowest BCUT2D eigenvalue weighted by molar-refractivity contribution is -0.130. The molecule has 13 heteroatoms. The van der Waals surface area contributed by atoms with Crippen molar-refractivity contribution in [2.45, 2.75) is 42.5 Å². The monoisotopic (exact) mass is 705 g/mol. The maximum absolute atomic E-state index is 16.9. The number of nitrogens with one attached hydrogen (secondary N) is 1. The van der Waals surface area contributed by atoms with E-state index >= 15 is 4.39 Å². The quantitative estimate of drug-likeness (QED) is 0.271. The number of aliphatic hydroxyl groups is 2. The summed E-state index contributed by atoms with van der Waals surface area (Å²) in [4.78, 5) is 18.0. The number of halogens is 3. The Morgan fingerprint density at radius 2 is 1.70 bits per heavy atom. The van der Waals surface area contributed by atoms with Gasteiger partial charge in [0.05, 0.1) is 41.4 Å². The number of aliphatic hydroxyl groups excluding tert-OH is 1. The molecule has 0 bridgehead atoms. The maximum atomic E-state index is 16.9. The molecule has 3 aromatic rings. The van der Waals surface area contributed by atoms with Gasteiger partial charge in [-0.15, -0.1) is 0 Å². The van der Waals surface area contributed by atoms with Gasteiger partial charge in [-0.25, -0.2) is 12.8 Å². The first-order valence-corrected chi connectivity index (χ1v) is 18.2. The topological polar surface area (TPSA) is 119 Å². The molecule has 252 valence electrons. The van der Waals surface area contributed by atoms with Crippen molar-refractivity contribution >= 4 is 38.9 Å². The van der Waals surface area contributed by atoms with Gasteiger partial charge in [-0.3, -0.25) is 14.6 Å². The van der Waals surface area contributed by atoms with Gasteiger partial charge in [-0.05, 0) is 67.3 Å². The van der Waals surface area contributed by atoms with Gasteiger partial charge >= 0.3 is 0 Å². The molecule has 3 aliphatic rings. The Morgan fingerprint density at radius 1 is 1.04 bits per heavy atom. The summed E-state index contributed by atoms with van der Waals surface area (Å²) in [6, 6.07) is 13.6. The van der Waals surface area contributed by atoms with Crippen LogP contribution in [0.5, 0.6) is 0 Å². The lowest BCUT2D eigenvalue weighted by atomic mass is 9.87. The minimum Gasteiger partial charge on any atom is -0.396 e. The van der Waals surface area contributed by atoms with Gasteiger partial charge in [0, 0.05) is 60.0 Å². The Kier molecular flexibility index (Phi) is 9.25. The number of fused-ring (bicyclic) bond motifs is 1. The van der Waals surface area contributed by atoms with Crippen LogP contribution in [0.25, 0.3) is 0 Å². The summed E-state index contributed by atoms with van der Waals surface area (Å²) in [5.74, 6) is -1.38. The standard InChI is InChI=1S/C34H38Cl2FN3O6S/c1-32(43,19-39-13-11-38-12-14-39)24-15-27-30(28(37)16-24)34(23-4-7-25(35)8-5-23,46-21-33(20-41)9-10-33)40(31(27)42)18-22-3-6-26(36)17-29(22)47(2,44)45/h3-8,15-17,38,41,43H,9-14,18-21H2,1-2H3/t32?,34-/m1/s1. The predicted octanol–water partition coefficient (Wildman–Crippen LogP) is 4.29. The van der Waals surface area contributed by atoms with E-state index < -0.39 is 38.3 Å². The van der Waals surface area contributed by atoms with E-state index in [1.807, 2.05) is 0 Å². The number of hydrogen-bond donors (Lipinski definition) is 3. The van der Waals surface area contributed by atoms with Gasteiger partial charge in [-0.1, -0.05) is 41.4 Å². The summed E-state index contributed by atoms with van der Waals surface area (Å²) in [5.41, 5.74) is -3.13. The molecule has 1 aliphatic carbocycles. The van der Waals surface area contributed by atoms with E-state index in [0.717, 1.165) is 19.3 Å². The number of carbonyl (C=O) groups is 1. The smallest absolute Gasteiger partial charge is 0.257 e. The van der Waals surface area contributed by atoms with Crippen LogP contribution in [0.3, 0.4) is 0 Å². The van der Waals surface area contributed by atoms with E-state index in [1.165, 1.54) is 35.2 Å². The van der Waals surface area contributed by atoms with Crippen LogP contribution < -0.4 is 5.32 Å². The fourth-order valence-corrected chi connectivity index (χ4v) is 7.91. The maximum Gasteiger partial charge on any atom is 0.257 e. The SMILES string of the molecule is CC(O)(CN1CCNCC1)c1cc(F)c2c(c1)C(=O)N(Cc1ccc(Cl)cc1S(C)(=O)=O)[C@@]2(OCC1(CO)CC1)c1ccc(Cl)cc1. The third-order valence-corrected chi connectivity index (χ3v) is 11.2. The van der Waals surface area contributed by atoms with E-state index in [1.54, 1.807) is 31.2 Å². The summed E-state index contributed by atoms with van der Waals surface area (Å²) in [7, 11) is -3.80. The Morgan fingerprint density at radius 3 is 2.32 bits per heavy atom. The van der Waals surface area contributed by atoms with Gasteiger partial charge in [0.1, 0.15) is 5.82 Å². The fourth-order valence-electron chi connectivity index (χ4n) is 6.60. The Bertz CT molecular complexity index is 1800. The van der Waals surface area contributed by atoms with Crippen molar-refractivity contribution < 1.29 is 32.6 Å². The van der Waals surface area contributed by atoms with Gasteiger partial charge in [0.2, 0.25) is 0 Å². The summed E-state index contributed by atoms with van der Waals surface area (Å²) >= 11 is 12.5. The van der Waals surface area contributed by atoms with Crippen LogP contribution in [0.1, 0.15) is 52.4 Å². The molecule has 1 unspecified atom stereocenters. The van der Waals surface area contributed by atoms with Crippen LogP contribution in [-0.4, -0.2) is 86.5 Å². The minimum atomic E-state index is -3.80. The molecule has 3 N–H and O–H groups in total. The number of hydrogen-bond acceptors (Lipinski definition) is 8. The second-order valence-corrected chi connectivity index (χ2v) is 16.1. The second-order valence-electron chi connectivity index (χ2n) is 13.2. The molecule has 6 rings (SSSR count). The van der Waals surface area contributed by atoms with Crippen LogP contribution in [0.15, 0.2) is 59.5 Å². The van der Waals surface area contributed by atoms with Gasteiger partial charge in [-0.2, -0.15) is 0 Å². The number of ether oxygens (including phenoxy) is 1. The Balaban J connectivity index is 1.54. The van der Waals surface area contributed by atoms with E-state index in [9.17, 15) is 23.4 Å². The zero-order chi connectivity index (χ0) is 33.8. The number of sulfone groups is 1. The number of piperazine rings is 1.